The molecular formula is C19H20N2O. The average Bonchev–Trinajstić information content (AvgIpc) is 3.07. The third kappa shape index (κ3) is 1.54. The van der Waals surface area contributed by atoms with Crippen molar-refractivity contribution in [3.63, 3.8) is 0 Å². The molecule has 3 nitrogen and oxygen atoms in total. The summed E-state index contributed by atoms with van der Waals surface area (Å²) in [5, 5.41) is 4.45. The normalized spacial score (nSPS) is 25.0. The quantitative estimate of drug-likeness (QED) is 0.795. The molecule has 2 aliphatic rings. The van der Waals surface area contributed by atoms with E-state index in [9.17, 15) is 0 Å². The fourth-order valence-electron chi connectivity index (χ4n) is 3.84. The summed E-state index contributed by atoms with van der Waals surface area (Å²) in [5.74, 6) is 0. The Morgan fingerprint density at radius 1 is 1.00 bits per heavy atom. The molecule has 0 amide bonds. The van der Waals surface area contributed by atoms with Gasteiger partial charge in [0.1, 0.15) is 0 Å². The van der Waals surface area contributed by atoms with Crippen molar-refractivity contribution in [2.24, 2.45) is 5.16 Å². The summed E-state index contributed by atoms with van der Waals surface area (Å²) in [7, 11) is 2.11. The van der Waals surface area contributed by atoms with Crippen LogP contribution in [0, 0.1) is 0 Å². The van der Waals surface area contributed by atoms with Gasteiger partial charge in [0.25, 0.3) is 0 Å². The summed E-state index contributed by atoms with van der Waals surface area (Å²) >= 11 is 0. The molecule has 0 N–H and O–H groups in total. The van der Waals surface area contributed by atoms with E-state index in [0.29, 0.717) is 0 Å². The summed E-state index contributed by atoms with van der Waals surface area (Å²) in [6, 6.07) is 18.8. The third-order valence-corrected chi connectivity index (χ3v) is 5.28. The van der Waals surface area contributed by atoms with Crippen LogP contribution < -0.4 is 4.90 Å². The molecular weight excluding hydrogens is 272 g/mol. The summed E-state index contributed by atoms with van der Waals surface area (Å²) in [6.07, 6.45) is 0.787. The maximum absolute atomic E-state index is 6.09. The number of likely N-dealkylation sites (N-methyl/N-ethyl adjacent to an activating group) is 1. The maximum atomic E-state index is 6.09. The van der Waals surface area contributed by atoms with Gasteiger partial charge in [0.05, 0.1) is 17.5 Å². The topological polar surface area (TPSA) is 24.8 Å². The van der Waals surface area contributed by atoms with Gasteiger partial charge in [-0.2, -0.15) is 0 Å². The smallest absolute Gasteiger partial charge is 0.224 e. The Morgan fingerprint density at radius 2 is 1.68 bits per heavy atom. The van der Waals surface area contributed by atoms with Gasteiger partial charge >= 0.3 is 0 Å². The number of oxime groups is 1. The zero-order valence-electron chi connectivity index (χ0n) is 13.2. The molecule has 2 aromatic carbocycles. The standard InChI is InChI=1S/C19H20N2O/c1-18(2)15-11-7-8-12-17(15)21(3)19(18)13-16(20-22-19)14-9-5-4-6-10-14/h4-12H,13H2,1-3H3/t19-/m0/s1. The first kappa shape index (κ1) is 13.4. The molecule has 0 aliphatic carbocycles. The van der Waals surface area contributed by atoms with E-state index in [2.05, 4.69) is 67.3 Å². The molecule has 1 atom stereocenters. The van der Waals surface area contributed by atoms with Crippen LogP contribution in [0.1, 0.15) is 31.4 Å². The Labute approximate surface area is 131 Å². The Hall–Kier alpha value is -2.29. The van der Waals surface area contributed by atoms with Crippen LogP contribution in [-0.2, 0) is 10.3 Å². The fourth-order valence-corrected chi connectivity index (χ4v) is 3.84. The molecule has 0 bridgehead atoms. The Morgan fingerprint density at radius 3 is 2.41 bits per heavy atom. The Bertz CT molecular complexity index is 751. The van der Waals surface area contributed by atoms with E-state index in [0.717, 1.165) is 17.7 Å². The lowest BCUT2D eigenvalue weighted by Crippen LogP contribution is -2.54. The number of fused-ring (bicyclic) bond motifs is 1. The second-order valence-electron chi connectivity index (χ2n) is 6.66. The minimum atomic E-state index is -0.443. The number of para-hydroxylation sites is 1. The average molecular weight is 292 g/mol. The van der Waals surface area contributed by atoms with Crippen molar-refractivity contribution < 1.29 is 4.84 Å². The van der Waals surface area contributed by atoms with Crippen LogP contribution in [0.25, 0.3) is 0 Å². The van der Waals surface area contributed by atoms with Gasteiger partial charge < -0.3 is 9.74 Å². The van der Waals surface area contributed by atoms with Gasteiger partial charge in [-0.15, -0.1) is 0 Å². The highest BCUT2D eigenvalue weighted by Gasteiger charge is 2.61. The molecule has 3 heteroatoms. The number of anilines is 1. The molecule has 22 heavy (non-hydrogen) atoms. The summed E-state index contributed by atoms with van der Waals surface area (Å²) in [4.78, 5) is 8.34. The molecule has 2 aromatic rings. The molecule has 1 spiro atoms. The van der Waals surface area contributed by atoms with Crippen molar-refractivity contribution in [3.8, 4) is 0 Å². The van der Waals surface area contributed by atoms with Crippen molar-refractivity contribution in [1.29, 1.82) is 0 Å². The first-order valence-corrected chi connectivity index (χ1v) is 7.70. The van der Waals surface area contributed by atoms with Crippen molar-refractivity contribution in [3.05, 3.63) is 65.7 Å². The number of hydrogen-bond acceptors (Lipinski definition) is 3. The van der Waals surface area contributed by atoms with Crippen molar-refractivity contribution in [2.45, 2.75) is 31.4 Å². The van der Waals surface area contributed by atoms with Gasteiger partial charge in [-0.25, -0.2) is 0 Å². The van der Waals surface area contributed by atoms with E-state index in [-0.39, 0.29) is 5.41 Å². The lowest BCUT2D eigenvalue weighted by molar-refractivity contribution is -0.0591. The summed E-state index contributed by atoms with van der Waals surface area (Å²) in [5.41, 5.74) is 4.15. The van der Waals surface area contributed by atoms with Gasteiger partial charge in [-0.3, -0.25) is 0 Å². The Balaban J connectivity index is 1.76. The zero-order chi connectivity index (χ0) is 15.4. The van der Waals surface area contributed by atoms with Crippen LogP contribution in [0.4, 0.5) is 5.69 Å². The second-order valence-corrected chi connectivity index (χ2v) is 6.66. The molecule has 112 valence electrons. The van der Waals surface area contributed by atoms with Crippen LogP contribution in [0.3, 0.4) is 0 Å². The van der Waals surface area contributed by atoms with Crippen LogP contribution in [0.2, 0.25) is 0 Å². The molecule has 2 heterocycles. The lowest BCUT2D eigenvalue weighted by atomic mass is 9.75. The van der Waals surface area contributed by atoms with E-state index in [1.807, 2.05) is 18.2 Å². The molecule has 0 saturated heterocycles. The van der Waals surface area contributed by atoms with E-state index >= 15 is 0 Å². The van der Waals surface area contributed by atoms with E-state index in [1.54, 1.807) is 0 Å². The van der Waals surface area contributed by atoms with Crippen LogP contribution in [0.5, 0.6) is 0 Å². The van der Waals surface area contributed by atoms with Gasteiger partial charge in [0.15, 0.2) is 0 Å². The van der Waals surface area contributed by atoms with Gasteiger partial charge in [0.2, 0.25) is 5.72 Å². The highest BCUT2D eigenvalue weighted by molar-refractivity contribution is 6.02. The van der Waals surface area contributed by atoms with Gasteiger partial charge in [0, 0.05) is 12.7 Å². The predicted molar refractivity (Wildman–Crippen MR) is 89.3 cm³/mol. The molecule has 2 aliphatic heterocycles. The van der Waals surface area contributed by atoms with Crippen LogP contribution in [-0.4, -0.2) is 18.5 Å². The Kier molecular flexibility index (Phi) is 2.65. The van der Waals surface area contributed by atoms with Crippen molar-refractivity contribution in [2.75, 3.05) is 11.9 Å². The first-order valence-electron chi connectivity index (χ1n) is 7.70. The molecule has 0 fully saturated rings. The van der Waals surface area contributed by atoms with E-state index in [1.165, 1.54) is 11.3 Å². The summed E-state index contributed by atoms with van der Waals surface area (Å²) < 4.78 is 0. The highest BCUT2D eigenvalue weighted by Crippen LogP contribution is 2.55. The van der Waals surface area contributed by atoms with Crippen LogP contribution >= 0.6 is 0 Å². The molecule has 0 saturated carbocycles. The third-order valence-electron chi connectivity index (χ3n) is 5.28. The molecule has 4 rings (SSSR count). The molecule has 0 aromatic heterocycles. The fraction of sp³-hybridized carbons (Fsp3) is 0.316. The minimum absolute atomic E-state index is 0.127. The minimum Gasteiger partial charge on any atom is -0.366 e. The zero-order valence-corrected chi connectivity index (χ0v) is 13.2. The van der Waals surface area contributed by atoms with Crippen LogP contribution in [0.15, 0.2) is 59.8 Å². The first-order chi connectivity index (χ1) is 10.6. The largest absolute Gasteiger partial charge is 0.366 e. The predicted octanol–water partition coefficient (Wildman–Crippen LogP) is 3.93. The number of rotatable bonds is 1. The molecule has 0 unspecified atom stereocenters. The van der Waals surface area contributed by atoms with Crippen molar-refractivity contribution in [1.82, 2.24) is 0 Å². The monoisotopic (exact) mass is 292 g/mol. The highest BCUT2D eigenvalue weighted by atomic mass is 16.7. The number of hydrogen-bond donors (Lipinski definition) is 0. The second kappa shape index (κ2) is 4.35. The van der Waals surface area contributed by atoms with Gasteiger partial charge in [-0.1, -0.05) is 53.7 Å². The maximum Gasteiger partial charge on any atom is 0.224 e. The van der Waals surface area contributed by atoms with Gasteiger partial charge in [-0.05, 0) is 31.0 Å². The lowest BCUT2D eigenvalue weighted by Gasteiger charge is -2.40. The van der Waals surface area contributed by atoms with Crippen molar-refractivity contribution >= 4 is 11.4 Å². The number of benzene rings is 2. The summed E-state index contributed by atoms with van der Waals surface area (Å²) in [6.45, 7) is 4.50. The van der Waals surface area contributed by atoms with E-state index < -0.39 is 5.72 Å². The number of nitrogens with zero attached hydrogens (tertiary/aromatic N) is 2. The molecule has 0 radical (unpaired) electrons. The van der Waals surface area contributed by atoms with E-state index in [4.69, 9.17) is 4.84 Å². The SMILES string of the molecule is CN1c2ccccc2C(C)(C)[C@@]12CC(c1ccccc1)=NO2.